The van der Waals surface area contributed by atoms with E-state index in [2.05, 4.69) is 56.1 Å². The average Bonchev–Trinajstić information content (AvgIpc) is 2.77. The van der Waals surface area contributed by atoms with Crippen LogP contribution in [0, 0.1) is 0 Å². The van der Waals surface area contributed by atoms with Gasteiger partial charge in [-0.25, -0.2) is 0 Å². The molecule has 0 spiro atoms. The van der Waals surface area contributed by atoms with Gasteiger partial charge in [0.15, 0.2) is 0 Å². The van der Waals surface area contributed by atoms with Gasteiger partial charge in [-0.15, -0.1) is 0 Å². The van der Waals surface area contributed by atoms with Gasteiger partial charge in [-0.2, -0.15) is 0 Å². The molecule has 0 atom stereocenters. The van der Waals surface area contributed by atoms with Crippen molar-refractivity contribution in [3.63, 3.8) is 0 Å². The summed E-state index contributed by atoms with van der Waals surface area (Å²) in [4.78, 5) is 0. The molecule has 4 heteroatoms. The van der Waals surface area contributed by atoms with E-state index < -0.39 is 11.2 Å². The molecule has 0 unspecified atom stereocenters. The highest BCUT2D eigenvalue weighted by Crippen LogP contribution is 2.49. The van der Waals surface area contributed by atoms with E-state index in [-0.39, 0.29) is 0 Å². The van der Waals surface area contributed by atoms with Crippen molar-refractivity contribution >= 4 is 53.4 Å². The number of hydrogen-bond donors (Lipinski definition) is 2. The molecule has 2 nitrogen and oxygen atoms in total. The molecule has 0 heterocycles. The third-order valence-corrected chi connectivity index (χ3v) is 8.03. The van der Waals surface area contributed by atoms with Crippen LogP contribution in [0.3, 0.4) is 0 Å². The van der Waals surface area contributed by atoms with Gasteiger partial charge in [0.05, 0.1) is 11.2 Å². The Balaban J connectivity index is 1.53. The first-order valence-electron chi connectivity index (χ1n) is 10.2. The van der Waals surface area contributed by atoms with E-state index in [1.165, 1.54) is 0 Å². The van der Waals surface area contributed by atoms with Crippen LogP contribution in [-0.2, 0) is 11.2 Å². The van der Waals surface area contributed by atoms with Crippen LogP contribution in [0.25, 0.3) is 21.5 Å². The molecule has 0 aromatic heterocycles. The maximum Gasteiger partial charge on any atom is 0.0904 e. The van der Waals surface area contributed by atoms with Crippen molar-refractivity contribution in [3.8, 4) is 0 Å². The van der Waals surface area contributed by atoms with Crippen molar-refractivity contribution in [3.05, 3.63) is 92.9 Å². The highest BCUT2D eigenvalue weighted by molar-refractivity contribution is 9.11. The monoisotopic (exact) mass is 524 g/mol. The van der Waals surface area contributed by atoms with Crippen LogP contribution in [-0.4, -0.2) is 10.2 Å². The molecule has 30 heavy (non-hydrogen) atoms. The smallest absolute Gasteiger partial charge is 0.0904 e. The molecule has 4 aromatic rings. The van der Waals surface area contributed by atoms with Crippen molar-refractivity contribution in [2.45, 2.75) is 36.9 Å². The summed E-state index contributed by atoms with van der Waals surface area (Å²) >= 11 is 7.25. The van der Waals surface area contributed by atoms with E-state index in [0.717, 1.165) is 41.6 Å². The molecule has 0 aliphatic heterocycles. The van der Waals surface area contributed by atoms with Crippen LogP contribution in [0.5, 0.6) is 0 Å². The van der Waals surface area contributed by atoms with Gasteiger partial charge in [0, 0.05) is 8.95 Å². The first-order chi connectivity index (χ1) is 14.4. The molecule has 2 N–H and O–H groups in total. The summed E-state index contributed by atoms with van der Waals surface area (Å²) in [6.45, 7) is 0. The van der Waals surface area contributed by atoms with E-state index in [4.69, 9.17) is 0 Å². The number of benzene rings is 4. The molecule has 1 fully saturated rings. The Bertz CT molecular complexity index is 1160. The molecule has 1 aliphatic rings. The largest absolute Gasteiger partial charge is 0.385 e. The van der Waals surface area contributed by atoms with Gasteiger partial charge in [0.2, 0.25) is 0 Å². The molecule has 1 saturated carbocycles. The molecule has 1 aliphatic carbocycles. The van der Waals surface area contributed by atoms with Crippen molar-refractivity contribution in [1.82, 2.24) is 0 Å². The summed E-state index contributed by atoms with van der Waals surface area (Å²) in [6, 6.07) is 24.4. The first kappa shape index (κ1) is 20.2. The van der Waals surface area contributed by atoms with Gasteiger partial charge in [-0.05, 0) is 70.5 Å². The lowest BCUT2D eigenvalue weighted by Gasteiger charge is -2.42. The summed E-state index contributed by atoms with van der Waals surface area (Å²) in [5, 5.41) is 27.6. The normalized spacial score (nSPS) is 24.4. The molecule has 0 amide bonds. The second kappa shape index (κ2) is 7.45. The third kappa shape index (κ3) is 3.21. The number of rotatable bonds is 2. The van der Waals surface area contributed by atoms with E-state index in [0.29, 0.717) is 25.7 Å². The van der Waals surface area contributed by atoms with Crippen LogP contribution in [0.2, 0.25) is 0 Å². The van der Waals surface area contributed by atoms with E-state index in [1.54, 1.807) is 0 Å². The summed E-state index contributed by atoms with van der Waals surface area (Å²) in [5.41, 5.74) is 0.00287. The van der Waals surface area contributed by atoms with Crippen molar-refractivity contribution in [2.24, 2.45) is 0 Å². The minimum absolute atomic E-state index is 0.513. The maximum absolute atomic E-state index is 11.6. The van der Waals surface area contributed by atoms with Gasteiger partial charge in [0.25, 0.3) is 0 Å². The highest BCUT2D eigenvalue weighted by Gasteiger charge is 2.43. The summed E-state index contributed by atoms with van der Waals surface area (Å²) in [5.74, 6) is 0. The van der Waals surface area contributed by atoms with Crippen LogP contribution in [0.15, 0.2) is 81.7 Å². The quantitative estimate of drug-likeness (QED) is 0.291. The van der Waals surface area contributed by atoms with E-state index >= 15 is 0 Å². The van der Waals surface area contributed by atoms with Crippen LogP contribution in [0.4, 0.5) is 0 Å². The third-order valence-electron chi connectivity index (χ3n) is 6.65. The SMILES string of the molecule is OC1(c2ccc(Br)c3ccccc23)CCC(O)(c2ccc(Br)c3ccccc23)CC1. The zero-order valence-electron chi connectivity index (χ0n) is 16.4. The second-order valence-corrected chi connectivity index (χ2v) is 10.1. The Morgan fingerprint density at radius 3 is 1.20 bits per heavy atom. The Kier molecular flexibility index (Phi) is 5.02. The van der Waals surface area contributed by atoms with Crippen molar-refractivity contribution in [1.29, 1.82) is 0 Å². The minimum Gasteiger partial charge on any atom is -0.385 e. The Labute approximate surface area is 192 Å². The molecular weight excluding hydrogens is 504 g/mol. The predicted molar refractivity (Wildman–Crippen MR) is 130 cm³/mol. The van der Waals surface area contributed by atoms with E-state index in [1.807, 2.05) is 48.5 Å². The topological polar surface area (TPSA) is 40.5 Å². The number of halogens is 2. The van der Waals surface area contributed by atoms with Crippen LogP contribution >= 0.6 is 31.9 Å². The Morgan fingerprint density at radius 1 is 0.500 bits per heavy atom. The van der Waals surface area contributed by atoms with Crippen molar-refractivity contribution in [2.75, 3.05) is 0 Å². The maximum atomic E-state index is 11.6. The lowest BCUT2D eigenvalue weighted by molar-refractivity contribution is -0.0869. The summed E-state index contributed by atoms with van der Waals surface area (Å²) in [6.07, 6.45) is 2.05. The minimum atomic E-state index is -0.947. The van der Waals surface area contributed by atoms with E-state index in [9.17, 15) is 10.2 Å². The number of fused-ring (bicyclic) bond motifs is 2. The van der Waals surface area contributed by atoms with Gasteiger partial charge in [-0.1, -0.05) is 92.5 Å². The fourth-order valence-electron chi connectivity index (χ4n) is 4.95. The number of hydrogen-bond acceptors (Lipinski definition) is 2. The first-order valence-corrected chi connectivity index (χ1v) is 11.8. The zero-order valence-corrected chi connectivity index (χ0v) is 19.6. The van der Waals surface area contributed by atoms with Gasteiger partial charge in [0.1, 0.15) is 0 Å². The highest BCUT2D eigenvalue weighted by atomic mass is 79.9. The lowest BCUT2D eigenvalue weighted by Crippen LogP contribution is -2.39. The van der Waals surface area contributed by atoms with Gasteiger partial charge in [-0.3, -0.25) is 0 Å². The molecular formula is C26H22Br2O2. The fraction of sp³-hybridized carbons (Fsp3) is 0.231. The van der Waals surface area contributed by atoms with Crippen molar-refractivity contribution < 1.29 is 10.2 Å². The molecule has 152 valence electrons. The van der Waals surface area contributed by atoms with Gasteiger partial charge >= 0.3 is 0 Å². The molecule has 5 rings (SSSR count). The predicted octanol–water partition coefficient (Wildman–Crippen LogP) is 7.17. The lowest BCUT2D eigenvalue weighted by atomic mass is 9.69. The average molecular weight is 526 g/mol. The van der Waals surface area contributed by atoms with Crippen LogP contribution < -0.4 is 0 Å². The second-order valence-electron chi connectivity index (χ2n) is 8.34. The molecule has 4 aromatic carbocycles. The van der Waals surface area contributed by atoms with Crippen LogP contribution in [0.1, 0.15) is 36.8 Å². The summed E-state index contributed by atoms with van der Waals surface area (Å²) < 4.78 is 2.05. The Hall–Kier alpha value is -1.72. The number of aliphatic hydroxyl groups is 2. The fourth-order valence-corrected chi connectivity index (χ4v) is 5.91. The molecule has 0 radical (unpaired) electrons. The molecule has 0 bridgehead atoms. The zero-order chi connectivity index (χ0) is 20.9. The standard InChI is InChI=1S/C26H22Br2O2/c27-23-11-9-21(17-5-1-3-7-19(17)23)25(29)13-15-26(30,16-14-25)22-10-12-24(28)20-8-4-2-6-18(20)22/h1-12,29-30H,13-16H2. The Morgan fingerprint density at radius 2 is 0.833 bits per heavy atom. The van der Waals surface area contributed by atoms with Gasteiger partial charge < -0.3 is 10.2 Å². The molecule has 0 saturated heterocycles. The summed E-state index contributed by atoms with van der Waals surface area (Å²) in [7, 11) is 0.